The van der Waals surface area contributed by atoms with Crippen molar-refractivity contribution in [2.24, 2.45) is 0 Å². The number of ether oxygens (including phenoxy) is 4. The minimum Gasteiger partial charge on any atom is -0.504 e. The topological polar surface area (TPSA) is 233 Å². The summed E-state index contributed by atoms with van der Waals surface area (Å²) in [5.41, 5.74) is -0.852. The van der Waals surface area contributed by atoms with Crippen LogP contribution in [0.3, 0.4) is 0 Å². The summed E-state index contributed by atoms with van der Waals surface area (Å²) in [7, 11) is 1.18. The van der Waals surface area contributed by atoms with Crippen LogP contribution in [0.1, 0.15) is 20.7 Å². The lowest BCUT2D eigenvalue weighted by molar-refractivity contribution is -0.294. The fourth-order valence-electron chi connectivity index (χ4n) is 3.16. The molecule has 2 aromatic rings. The van der Waals surface area contributed by atoms with Gasteiger partial charge in [0.15, 0.2) is 35.0 Å². The highest BCUT2D eigenvalue weighted by Gasteiger charge is 2.44. The largest absolute Gasteiger partial charge is 0.504 e. The van der Waals surface area contributed by atoms with E-state index in [0.29, 0.717) is 0 Å². The smallest absolute Gasteiger partial charge is 0.343 e. The van der Waals surface area contributed by atoms with Crippen LogP contribution in [0.2, 0.25) is 0 Å². The molecule has 0 aromatic heterocycles. The Kier molecular flexibility index (Phi) is 7.52. The third-order valence-electron chi connectivity index (χ3n) is 5.08. The molecule has 0 amide bonds. The number of phenols is 5. The molecule has 8 N–H and O–H groups in total. The van der Waals surface area contributed by atoms with Gasteiger partial charge in [-0.15, -0.1) is 0 Å². The van der Waals surface area contributed by atoms with Crippen molar-refractivity contribution in [2.75, 3.05) is 13.7 Å². The van der Waals surface area contributed by atoms with Crippen molar-refractivity contribution in [1.82, 2.24) is 0 Å². The van der Waals surface area contributed by atoms with Crippen molar-refractivity contribution in [3.05, 3.63) is 35.4 Å². The van der Waals surface area contributed by atoms with Crippen molar-refractivity contribution in [3.8, 4) is 34.5 Å². The van der Waals surface area contributed by atoms with Crippen LogP contribution in [0.15, 0.2) is 24.3 Å². The van der Waals surface area contributed by atoms with Crippen LogP contribution in [0, 0.1) is 0 Å². The first-order valence-corrected chi connectivity index (χ1v) is 9.87. The maximum Gasteiger partial charge on any atom is 0.343 e. The quantitative estimate of drug-likeness (QED) is 0.136. The number of hydrogen-bond donors (Lipinski definition) is 8. The van der Waals surface area contributed by atoms with Crippen molar-refractivity contribution in [1.29, 1.82) is 0 Å². The second-order valence-corrected chi connectivity index (χ2v) is 7.44. The highest BCUT2D eigenvalue weighted by atomic mass is 16.7. The molecular weight excluding hydrogens is 476 g/mol. The summed E-state index contributed by atoms with van der Waals surface area (Å²) in [4.78, 5) is 24.8. The second kappa shape index (κ2) is 10.2. The number of hydrogen-bond acceptors (Lipinski definition) is 14. The van der Waals surface area contributed by atoms with E-state index >= 15 is 0 Å². The molecule has 0 bridgehead atoms. The third-order valence-corrected chi connectivity index (χ3v) is 5.08. The zero-order chi connectivity index (χ0) is 26.0. The molecule has 0 radical (unpaired) electrons. The van der Waals surface area contributed by atoms with Gasteiger partial charge < -0.3 is 59.8 Å². The monoisotopic (exact) mass is 498 g/mol. The minimum absolute atomic E-state index is 0.409. The number of rotatable bonds is 6. The van der Waals surface area contributed by atoms with Gasteiger partial charge in [-0.05, 0) is 24.3 Å². The van der Waals surface area contributed by atoms with Gasteiger partial charge in [-0.3, -0.25) is 0 Å². The van der Waals surface area contributed by atoms with Gasteiger partial charge in [0.25, 0.3) is 0 Å². The maximum absolute atomic E-state index is 12.5. The normalized spacial score (nSPS) is 24.1. The summed E-state index contributed by atoms with van der Waals surface area (Å²) in [6.07, 6.45) is -7.43. The molecule has 1 aliphatic rings. The molecule has 5 atom stereocenters. The third kappa shape index (κ3) is 5.31. The highest BCUT2D eigenvalue weighted by Crippen LogP contribution is 2.39. The second-order valence-electron chi connectivity index (χ2n) is 7.44. The highest BCUT2D eigenvalue weighted by molar-refractivity contribution is 5.94. The average Bonchev–Trinajstić information content (AvgIpc) is 2.82. The number of aliphatic hydroxyl groups is 3. The lowest BCUT2D eigenvalue weighted by atomic mass is 9.99. The number of phenolic OH excluding ortho intramolecular Hbond substituents is 5. The molecule has 1 saturated heterocycles. The average molecular weight is 498 g/mol. The van der Waals surface area contributed by atoms with Gasteiger partial charge in [-0.2, -0.15) is 0 Å². The Labute approximate surface area is 196 Å². The van der Waals surface area contributed by atoms with Crippen LogP contribution >= 0.6 is 0 Å². The molecule has 0 unspecified atom stereocenters. The van der Waals surface area contributed by atoms with Crippen LogP contribution in [-0.4, -0.2) is 97.2 Å². The van der Waals surface area contributed by atoms with Gasteiger partial charge in [0.2, 0.25) is 5.75 Å². The molecule has 14 heteroatoms. The first kappa shape index (κ1) is 25.8. The Bertz CT molecular complexity index is 1090. The van der Waals surface area contributed by atoms with Crippen molar-refractivity contribution in [3.63, 3.8) is 0 Å². The summed E-state index contributed by atoms with van der Waals surface area (Å²) in [5, 5.41) is 78.0. The zero-order valence-electron chi connectivity index (χ0n) is 17.9. The predicted molar refractivity (Wildman–Crippen MR) is 110 cm³/mol. The van der Waals surface area contributed by atoms with E-state index in [4.69, 9.17) is 18.9 Å². The standard InChI is InChI=1S/C21H22O14/c1-32-21-18(29)17(28)16(27)13(35-21)6-33-19(30)8-4-11(24)15(26)12(5-8)34-20(31)7-2-9(22)14(25)10(23)3-7/h2-5,13,16-18,21-29H,6H2,1H3/t13-,16-,17+,18-,21-/m1/s1. The van der Waals surface area contributed by atoms with E-state index in [2.05, 4.69) is 0 Å². The van der Waals surface area contributed by atoms with E-state index < -0.39 is 94.9 Å². The molecule has 0 spiro atoms. The van der Waals surface area contributed by atoms with E-state index in [9.17, 15) is 50.4 Å². The van der Waals surface area contributed by atoms with E-state index in [1.807, 2.05) is 0 Å². The molecule has 0 saturated carbocycles. The van der Waals surface area contributed by atoms with Crippen LogP contribution in [0.5, 0.6) is 34.5 Å². The molecule has 1 fully saturated rings. The number of aromatic hydroxyl groups is 5. The fourth-order valence-corrected chi connectivity index (χ4v) is 3.16. The van der Waals surface area contributed by atoms with Crippen LogP contribution in [0.4, 0.5) is 0 Å². The molecule has 0 aliphatic carbocycles. The number of aliphatic hydroxyl groups excluding tert-OH is 3. The lowest BCUT2D eigenvalue weighted by Crippen LogP contribution is -2.59. The molecule has 3 rings (SSSR count). The van der Waals surface area contributed by atoms with Gasteiger partial charge in [0, 0.05) is 7.11 Å². The first-order valence-electron chi connectivity index (χ1n) is 9.87. The number of esters is 2. The Hall–Kier alpha value is -3.82. The number of carbonyl (C=O) groups excluding carboxylic acids is 2. The first-order chi connectivity index (χ1) is 16.4. The molecule has 35 heavy (non-hydrogen) atoms. The van der Waals surface area contributed by atoms with Crippen LogP contribution < -0.4 is 4.74 Å². The van der Waals surface area contributed by atoms with Crippen molar-refractivity contribution < 1.29 is 69.4 Å². The van der Waals surface area contributed by atoms with E-state index in [-0.39, 0.29) is 0 Å². The molecule has 14 nitrogen and oxygen atoms in total. The summed E-state index contributed by atoms with van der Waals surface area (Å²) in [6, 6.07) is 3.16. The van der Waals surface area contributed by atoms with Crippen LogP contribution in [0.25, 0.3) is 0 Å². The molecule has 2 aromatic carbocycles. The van der Waals surface area contributed by atoms with Crippen molar-refractivity contribution >= 4 is 11.9 Å². The predicted octanol–water partition coefficient (Wildman–Crippen LogP) is -0.955. The maximum atomic E-state index is 12.5. The summed E-state index contributed by atoms with van der Waals surface area (Å²) >= 11 is 0. The van der Waals surface area contributed by atoms with Gasteiger partial charge in [0.1, 0.15) is 31.0 Å². The van der Waals surface area contributed by atoms with Gasteiger partial charge in [-0.25, -0.2) is 9.59 Å². The van der Waals surface area contributed by atoms with Crippen molar-refractivity contribution in [2.45, 2.75) is 30.7 Å². The van der Waals surface area contributed by atoms with E-state index in [1.165, 1.54) is 7.11 Å². The molecule has 1 aliphatic heterocycles. The van der Waals surface area contributed by atoms with E-state index in [1.54, 1.807) is 0 Å². The minimum atomic E-state index is -1.65. The lowest BCUT2D eigenvalue weighted by Gasteiger charge is -2.39. The van der Waals surface area contributed by atoms with Gasteiger partial charge in [-0.1, -0.05) is 0 Å². The van der Waals surface area contributed by atoms with E-state index in [0.717, 1.165) is 24.3 Å². The van der Waals surface area contributed by atoms with Gasteiger partial charge in [0.05, 0.1) is 11.1 Å². The zero-order valence-corrected chi connectivity index (χ0v) is 17.9. The molecule has 190 valence electrons. The number of carbonyl (C=O) groups is 2. The summed E-state index contributed by atoms with van der Waals surface area (Å²) < 4.78 is 20.0. The summed E-state index contributed by atoms with van der Waals surface area (Å²) in [5.74, 6) is -7.39. The Morgan fingerprint density at radius 1 is 0.800 bits per heavy atom. The molecule has 1 heterocycles. The Morgan fingerprint density at radius 3 is 1.91 bits per heavy atom. The number of methoxy groups -OCH3 is 1. The Morgan fingerprint density at radius 2 is 1.34 bits per heavy atom. The molecular formula is C21H22O14. The number of benzene rings is 2. The SMILES string of the molecule is CO[C@@H]1O[C@H](COC(=O)c2cc(O)c(O)c(OC(=O)c3cc(O)c(O)c(O)c3)c2)[C@@H](O)[C@H](O)[C@H]1O. The van der Waals surface area contributed by atoms with Crippen LogP contribution in [-0.2, 0) is 14.2 Å². The summed E-state index contributed by atoms with van der Waals surface area (Å²) in [6.45, 7) is -0.619. The van der Waals surface area contributed by atoms with Gasteiger partial charge >= 0.3 is 11.9 Å². The fraction of sp³-hybridized carbons (Fsp3) is 0.333. The Balaban J connectivity index is 1.75.